The van der Waals surface area contributed by atoms with Crippen molar-refractivity contribution in [3.8, 4) is 0 Å². The number of nitrogens with two attached hydrogens (primary N) is 1. The van der Waals surface area contributed by atoms with Crippen LogP contribution in [-0.4, -0.2) is 37.1 Å². The van der Waals surface area contributed by atoms with E-state index in [1.54, 1.807) is 6.07 Å². The van der Waals surface area contributed by atoms with Crippen LogP contribution in [0.25, 0.3) is 0 Å². The molecular weight excluding hydrogens is 252 g/mol. The number of hydrogen-bond donors (Lipinski definition) is 1. The lowest BCUT2D eigenvalue weighted by atomic mass is 10.0. The van der Waals surface area contributed by atoms with E-state index >= 15 is 0 Å². The number of carbonyl (C=O) groups is 1. The summed E-state index contributed by atoms with van der Waals surface area (Å²) in [5.74, 6) is 0.533. The van der Waals surface area contributed by atoms with E-state index in [2.05, 4.69) is 0 Å². The molecule has 4 nitrogen and oxygen atoms in total. The van der Waals surface area contributed by atoms with Crippen LogP contribution in [0.15, 0.2) is 12.1 Å². The lowest BCUT2D eigenvalue weighted by molar-refractivity contribution is 0.0730. The summed E-state index contributed by atoms with van der Waals surface area (Å²) in [7, 11) is 0. The summed E-state index contributed by atoms with van der Waals surface area (Å²) in [5, 5.41) is 0. The summed E-state index contributed by atoms with van der Waals surface area (Å²) in [6.45, 7) is 8.99. The zero-order valence-electron chi connectivity index (χ0n) is 12.6. The van der Waals surface area contributed by atoms with Gasteiger partial charge in [-0.1, -0.05) is 6.07 Å². The number of ether oxygens (including phenoxy) is 1. The molecule has 20 heavy (non-hydrogen) atoms. The molecule has 1 heterocycles. The first-order valence-electron chi connectivity index (χ1n) is 7.26. The second kappa shape index (κ2) is 6.27. The van der Waals surface area contributed by atoms with Crippen LogP contribution in [-0.2, 0) is 4.74 Å². The largest absolute Gasteiger partial charge is 0.398 e. The molecule has 1 fully saturated rings. The molecule has 1 aromatic carbocycles. The Morgan fingerprint density at radius 1 is 1.40 bits per heavy atom. The van der Waals surface area contributed by atoms with Gasteiger partial charge in [-0.3, -0.25) is 4.79 Å². The molecule has 0 saturated carbocycles. The third kappa shape index (κ3) is 3.12. The maximum Gasteiger partial charge on any atom is 0.254 e. The van der Waals surface area contributed by atoms with Gasteiger partial charge in [-0.15, -0.1) is 0 Å². The van der Waals surface area contributed by atoms with Crippen LogP contribution in [0, 0.1) is 19.8 Å². The number of hydrogen-bond acceptors (Lipinski definition) is 3. The fraction of sp³-hybridized carbons (Fsp3) is 0.562. The van der Waals surface area contributed by atoms with Gasteiger partial charge >= 0.3 is 0 Å². The molecule has 1 amide bonds. The van der Waals surface area contributed by atoms with E-state index in [1.165, 1.54) is 0 Å². The van der Waals surface area contributed by atoms with Crippen LogP contribution >= 0.6 is 0 Å². The van der Waals surface area contributed by atoms with Gasteiger partial charge in [-0.2, -0.15) is 0 Å². The first kappa shape index (κ1) is 14.9. The fourth-order valence-corrected chi connectivity index (χ4v) is 2.66. The van der Waals surface area contributed by atoms with Crippen molar-refractivity contribution >= 4 is 11.6 Å². The minimum atomic E-state index is 0.0728. The van der Waals surface area contributed by atoms with Crippen LogP contribution in [0.1, 0.15) is 34.8 Å². The monoisotopic (exact) mass is 276 g/mol. The van der Waals surface area contributed by atoms with Crippen molar-refractivity contribution in [2.75, 3.05) is 32.0 Å². The van der Waals surface area contributed by atoms with E-state index in [-0.39, 0.29) is 5.91 Å². The molecule has 2 rings (SSSR count). The minimum Gasteiger partial charge on any atom is -0.398 e. The summed E-state index contributed by atoms with van der Waals surface area (Å²) in [4.78, 5) is 14.6. The topological polar surface area (TPSA) is 55.6 Å². The summed E-state index contributed by atoms with van der Waals surface area (Å²) in [6.07, 6.45) is 1.04. The fourth-order valence-electron chi connectivity index (χ4n) is 2.66. The Labute approximate surface area is 120 Å². The number of aryl methyl sites for hydroxylation is 2. The minimum absolute atomic E-state index is 0.0728. The standard InChI is InChI=1S/C16H24N2O2/c1-4-18(9-13-5-6-20-10-13)16(19)14-8-15(17)12(3)7-11(14)2/h7-8,13H,4-6,9-10,17H2,1-3H3. The maximum absolute atomic E-state index is 12.7. The third-order valence-electron chi connectivity index (χ3n) is 4.01. The highest BCUT2D eigenvalue weighted by molar-refractivity contribution is 5.96. The molecule has 0 radical (unpaired) electrons. The smallest absolute Gasteiger partial charge is 0.254 e. The average molecular weight is 276 g/mol. The molecule has 1 aliphatic heterocycles. The number of benzene rings is 1. The summed E-state index contributed by atoms with van der Waals surface area (Å²) in [5.41, 5.74) is 9.35. The molecule has 0 bridgehead atoms. The molecule has 0 aliphatic carbocycles. The lowest BCUT2D eigenvalue weighted by Gasteiger charge is -2.25. The molecule has 1 atom stereocenters. The third-order valence-corrected chi connectivity index (χ3v) is 4.01. The van der Waals surface area contributed by atoms with Crippen LogP contribution in [0.4, 0.5) is 5.69 Å². The Morgan fingerprint density at radius 2 is 2.15 bits per heavy atom. The van der Waals surface area contributed by atoms with Gasteiger partial charge in [0.25, 0.3) is 5.91 Å². The molecule has 1 aliphatic rings. The van der Waals surface area contributed by atoms with Gasteiger partial charge in [-0.25, -0.2) is 0 Å². The molecular formula is C16H24N2O2. The number of rotatable bonds is 4. The van der Waals surface area contributed by atoms with Gasteiger partial charge in [0.05, 0.1) is 6.61 Å². The highest BCUT2D eigenvalue weighted by Crippen LogP contribution is 2.21. The van der Waals surface area contributed by atoms with E-state index in [4.69, 9.17) is 10.5 Å². The first-order chi connectivity index (χ1) is 9.52. The highest BCUT2D eigenvalue weighted by atomic mass is 16.5. The van der Waals surface area contributed by atoms with Gasteiger partial charge in [-0.05, 0) is 44.4 Å². The molecule has 0 aromatic heterocycles. The second-order valence-electron chi connectivity index (χ2n) is 5.60. The van der Waals surface area contributed by atoms with Gasteiger partial charge < -0.3 is 15.4 Å². The predicted molar refractivity (Wildman–Crippen MR) is 80.8 cm³/mol. The molecule has 4 heteroatoms. The summed E-state index contributed by atoms with van der Waals surface area (Å²) < 4.78 is 5.39. The second-order valence-corrected chi connectivity index (χ2v) is 5.60. The molecule has 0 spiro atoms. The van der Waals surface area contributed by atoms with Crippen molar-refractivity contribution < 1.29 is 9.53 Å². The van der Waals surface area contributed by atoms with Crippen molar-refractivity contribution in [3.63, 3.8) is 0 Å². The van der Waals surface area contributed by atoms with Crippen LogP contribution in [0.2, 0.25) is 0 Å². The number of nitrogens with zero attached hydrogens (tertiary/aromatic N) is 1. The zero-order valence-corrected chi connectivity index (χ0v) is 12.6. The van der Waals surface area contributed by atoms with Crippen molar-refractivity contribution in [1.82, 2.24) is 4.90 Å². The van der Waals surface area contributed by atoms with Crippen LogP contribution in [0.3, 0.4) is 0 Å². The SMILES string of the molecule is CCN(CC1CCOC1)C(=O)c1cc(N)c(C)cc1C. The highest BCUT2D eigenvalue weighted by Gasteiger charge is 2.23. The Kier molecular flexibility index (Phi) is 4.65. The Hall–Kier alpha value is -1.55. The Morgan fingerprint density at radius 3 is 2.75 bits per heavy atom. The van der Waals surface area contributed by atoms with E-state index in [9.17, 15) is 4.79 Å². The van der Waals surface area contributed by atoms with Crippen molar-refractivity contribution in [2.45, 2.75) is 27.2 Å². The van der Waals surface area contributed by atoms with Gasteiger partial charge in [0, 0.05) is 36.9 Å². The van der Waals surface area contributed by atoms with Crippen molar-refractivity contribution in [1.29, 1.82) is 0 Å². The Bertz CT molecular complexity index is 493. The van der Waals surface area contributed by atoms with Crippen molar-refractivity contribution in [2.24, 2.45) is 5.92 Å². The molecule has 110 valence electrons. The Balaban J connectivity index is 2.17. The van der Waals surface area contributed by atoms with Crippen molar-refractivity contribution in [3.05, 3.63) is 28.8 Å². The normalized spacial score (nSPS) is 18.2. The maximum atomic E-state index is 12.7. The summed E-state index contributed by atoms with van der Waals surface area (Å²) in [6, 6.07) is 3.79. The number of anilines is 1. The van der Waals surface area contributed by atoms with Gasteiger partial charge in [0.15, 0.2) is 0 Å². The van der Waals surface area contributed by atoms with Gasteiger partial charge in [0.1, 0.15) is 0 Å². The van der Waals surface area contributed by atoms with E-state index in [0.29, 0.717) is 23.7 Å². The number of amides is 1. The molecule has 1 saturated heterocycles. The van der Waals surface area contributed by atoms with Gasteiger partial charge in [0.2, 0.25) is 0 Å². The van der Waals surface area contributed by atoms with E-state index in [1.807, 2.05) is 31.7 Å². The predicted octanol–water partition coefficient (Wildman–Crippen LogP) is 2.38. The number of nitrogen functional groups attached to an aromatic ring is 1. The number of carbonyl (C=O) groups excluding carboxylic acids is 1. The first-order valence-corrected chi connectivity index (χ1v) is 7.26. The lowest BCUT2D eigenvalue weighted by Crippen LogP contribution is -2.36. The van der Waals surface area contributed by atoms with E-state index in [0.717, 1.165) is 37.3 Å². The zero-order chi connectivity index (χ0) is 14.7. The van der Waals surface area contributed by atoms with Crippen LogP contribution < -0.4 is 5.73 Å². The average Bonchev–Trinajstić information content (AvgIpc) is 2.92. The quantitative estimate of drug-likeness (QED) is 0.859. The molecule has 1 unspecified atom stereocenters. The van der Waals surface area contributed by atoms with E-state index < -0.39 is 0 Å². The summed E-state index contributed by atoms with van der Waals surface area (Å²) >= 11 is 0. The molecule has 1 aromatic rings. The molecule has 2 N–H and O–H groups in total. The van der Waals surface area contributed by atoms with Crippen LogP contribution in [0.5, 0.6) is 0 Å².